The molecular formula is C14H19BrN2O3S. The fraction of sp³-hybridized carbons (Fsp3) is 0.571. The van der Waals surface area contributed by atoms with Crippen molar-refractivity contribution in [2.45, 2.75) is 32.2 Å². The molecule has 1 atom stereocenters. The highest BCUT2D eigenvalue weighted by Gasteiger charge is 2.34. The van der Waals surface area contributed by atoms with E-state index in [0.29, 0.717) is 18.5 Å². The number of pyridine rings is 1. The van der Waals surface area contributed by atoms with Gasteiger partial charge in [-0.15, -0.1) is 0 Å². The molecule has 1 amide bonds. The second kappa shape index (κ2) is 6.87. The fourth-order valence-corrected chi connectivity index (χ4v) is 4.59. The first-order valence-electron chi connectivity index (χ1n) is 7.05. The molecule has 5 nitrogen and oxygen atoms in total. The van der Waals surface area contributed by atoms with Crippen LogP contribution in [0.1, 0.15) is 36.5 Å². The number of sulfone groups is 1. The Morgan fingerprint density at radius 2 is 2.24 bits per heavy atom. The molecule has 0 spiro atoms. The first-order valence-corrected chi connectivity index (χ1v) is 9.66. The van der Waals surface area contributed by atoms with E-state index in [1.54, 1.807) is 17.2 Å². The van der Waals surface area contributed by atoms with Crippen molar-refractivity contribution in [1.29, 1.82) is 0 Å². The largest absolute Gasteiger partial charge is 0.335 e. The maximum absolute atomic E-state index is 12.7. The van der Waals surface area contributed by atoms with E-state index in [-0.39, 0.29) is 23.5 Å². The van der Waals surface area contributed by atoms with Gasteiger partial charge < -0.3 is 4.90 Å². The van der Waals surface area contributed by atoms with E-state index >= 15 is 0 Å². The van der Waals surface area contributed by atoms with Crippen LogP contribution in [0, 0.1) is 0 Å². The molecule has 0 saturated carbocycles. The molecule has 0 radical (unpaired) electrons. The van der Waals surface area contributed by atoms with Crippen molar-refractivity contribution in [2.75, 3.05) is 18.1 Å². The lowest BCUT2D eigenvalue weighted by molar-refractivity contribution is 0.0693. The Kier molecular flexibility index (Phi) is 5.37. The summed E-state index contributed by atoms with van der Waals surface area (Å²) < 4.78 is 24.1. The zero-order valence-electron chi connectivity index (χ0n) is 12.0. The van der Waals surface area contributed by atoms with Crippen molar-refractivity contribution in [3.05, 3.63) is 28.5 Å². The van der Waals surface area contributed by atoms with Crippen LogP contribution in [-0.4, -0.2) is 48.3 Å². The molecule has 1 aromatic rings. The van der Waals surface area contributed by atoms with Crippen LogP contribution in [0.5, 0.6) is 0 Å². The lowest BCUT2D eigenvalue weighted by Crippen LogP contribution is -2.41. The number of hydrogen-bond acceptors (Lipinski definition) is 4. The van der Waals surface area contributed by atoms with Crippen LogP contribution in [0.25, 0.3) is 0 Å². The summed E-state index contributed by atoms with van der Waals surface area (Å²) in [4.78, 5) is 18.4. The van der Waals surface area contributed by atoms with Crippen LogP contribution >= 0.6 is 15.9 Å². The van der Waals surface area contributed by atoms with Crippen molar-refractivity contribution in [3.63, 3.8) is 0 Å². The van der Waals surface area contributed by atoms with Gasteiger partial charge in [-0.1, -0.05) is 13.3 Å². The van der Waals surface area contributed by atoms with Crippen molar-refractivity contribution in [3.8, 4) is 0 Å². The van der Waals surface area contributed by atoms with Crippen molar-refractivity contribution in [2.24, 2.45) is 0 Å². The smallest absolute Gasteiger partial charge is 0.255 e. The van der Waals surface area contributed by atoms with Crippen molar-refractivity contribution >= 4 is 31.7 Å². The van der Waals surface area contributed by atoms with Crippen LogP contribution in [0.4, 0.5) is 0 Å². The molecule has 1 aliphatic heterocycles. The normalized spacial score (nSPS) is 20.4. The van der Waals surface area contributed by atoms with E-state index in [2.05, 4.69) is 27.8 Å². The Labute approximate surface area is 133 Å². The number of halogens is 1. The third-order valence-electron chi connectivity index (χ3n) is 3.61. The van der Waals surface area contributed by atoms with E-state index in [9.17, 15) is 13.2 Å². The average Bonchev–Trinajstić information content (AvgIpc) is 2.79. The van der Waals surface area contributed by atoms with Gasteiger partial charge >= 0.3 is 0 Å². The minimum Gasteiger partial charge on any atom is -0.335 e. The van der Waals surface area contributed by atoms with Gasteiger partial charge in [-0.25, -0.2) is 8.42 Å². The molecule has 21 heavy (non-hydrogen) atoms. The summed E-state index contributed by atoms with van der Waals surface area (Å²) in [6.07, 6.45) is 5.49. The summed E-state index contributed by atoms with van der Waals surface area (Å²) in [5, 5.41) is 0. The zero-order valence-corrected chi connectivity index (χ0v) is 14.4. The summed E-state index contributed by atoms with van der Waals surface area (Å²) in [5.41, 5.74) is 0.491. The molecule has 7 heteroatoms. The maximum Gasteiger partial charge on any atom is 0.255 e. The van der Waals surface area contributed by atoms with Crippen molar-refractivity contribution < 1.29 is 13.2 Å². The zero-order chi connectivity index (χ0) is 15.5. The molecule has 116 valence electrons. The Bertz CT molecular complexity index is 618. The molecule has 0 bridgehead atoms. The van der Waals surface area contributed by atoms with Gasteiger partial charge in [-0.05, 0) is 34.8 Å². The van der Waals surface area contributed by atoms with Gasteiger partial charge in [0.05, 0.1) is 17.1 Å². The highest BCUT2D eigenvalue weighted by molar-refractivity contribution is 9.10. The highest BCUT2D eigenvalue weighted by Crippen LogP contribution is 2.21. The monoisotopic (exact) mass is 374 g/mol. The minimum atomic E-state index is -3.01. The van der Waals surface area contributed by atoms with Crippen LogP contribution in [0.3, 0.4) is 0 Å². The number of rotatable bonds is 5. The molecule has 1 unspecified atom stereocenters. The predicted molar refractivity (Wildman–Crippen MR) is 84.9 cm³/mol. The fourth-order valence-electron chi connectivity index (χ4n) is 2.49. The number of carbonyl (C=O) groups excluding carboxylic acids is 1. The first kappa shape index (κ1) is 16.4. The lowest BCUT2D eigenvalue weighted by Gasteiger charge is -2.28. The molecule has 2 heterocycles. The quantitative estimate of drug-likeness (QED) is 0.792. The maximum atomic E-state index is 12.7. The number of unbranched alkanes of at least 4 members (excludes halogenated alkanes) is 1. The summed E-state index contributed by atoms with van der Waals surface area (Å²) in [6, 6.07) is 1.51. The number of amides is 1. The second-order valence-corrected chi connectivity index (χ2v) is 8.45. The van der Waals surface area contributed by atoms with Crippen LogP contribution in [0.15, 0.2) is 22.9 Å². The summed E-state index contributed by atoms with van der Waals surface area (Å²) >= 11 is 3.30. The Balaban J connectivity index is 2.21. The van der Waals surface area contributed by atoms with Gasteiger partial charge in [-0.3, -0.25) is 9.78 Å². The van der Waals surface area contributed by atoms with E-state index in [1.807, 2.05) is 0 Å². The van der Waals surface area contributed by atoms with Gasteiger partial charge in [0.1, 0.15) is 0 Å². The molecular weight excluding hydrogens is 356 g/mol. The average molecular weight is 375 g/mol. The standard InChI is InChI=1S/C14H19BrN2O3S/c1-2-3-5-17(13-4-6-21(19,20)10-13)14(18)11-7-12(15)9-16-8-11/h7-9,13H,2-6,10H2,1H3. The number of hydrogen-bond donors (Lipinski definition) is 0. The third-order valence-corrected chi connectivity index (χ3v) is 5.80. The van der Waals surface area contributed by atoms with E-state index in [1.165, 1.54) is 6.20 Å². The van der Waals surface area contributed by atoms with Crippen LogP contribution < -0.4 is 0 Å². The molecule has 1 fully saturated rings. The molecule has 0 aromatic carbocycles. The van der Waals surface area contributed by atoms with Gasteiger partial charge in [0, 0.05) is 29.5 Å². The first-order chi connectivity index (χ1) is 9.93. The minimum absolute atomic E-state index is 0.0733. The van der Waals surface area contributed by atoms with Crippen molar-refractivity contribution in [1.82, 2.24) is 9.88 Å². The van der Waals surface area contributed by atoms with Crippen LogP contribution in [-0.2, 0) is 9.84 Å². The molecule has 2 rings (SSSR count). The van der Waals surface area contributed by atoms with Gasteiger partial charge in [0.25, 0.3) is 5.91 Å². The Hall–Kier alpha value is -0.950. The molecule has 1 aliphatic rings. The summed E-state index contributed by atoms with van der Waals surface area (Å²) in [6.45, 7) is 2.64. The van der Waals surface area contributed by atoms with Gasteiger partial charge in [0.2, 0.25) is 0 Å². The Morgan fingerprint density at radius 1 is 1.48 bits per heavy atom. The molecule has 0 N–H and O–H groups in total. The van der Waals surface area contributed by atoms with E-state index in [4.69, 9.17) is 0 Å². The van der Waals surface area contributed by atoms with E-state index < -0.39 is 9.84 Å². The second-order valence-electron chi connectivity index (χ2n) is 5.30. The summed E-state index contributed by atoms with van der Waals surface area (Å²) in [7, 11) is -3.01. The molecule has 0 aliphatic carbocycles. The van der Waals surface area contributed by atoms with E-state index in [0.717, 1.165) is 17.3 Å². The topological polar surface area (TPSA) is 67.3 Å². The SMILES string of the molecule is CCCCN(C(=O)c1cncc(Br)c1)C1CCS(=O)(=O)C1. The number of nitrogens with zero attached hydrogens (tertiary/aromatic N) is 2. The highest BCUT2D eigenvalue weighted by atomic mass is 79.9. The summed E-state index contributed by atoms with van der Waals surface area (Å²) in [5.74, 6) is 0.105. The van der Waals surface area contributed by atoms with Crippen LogP contribution in [0.2, 0.25) is 0 Å². The lowest BCUT2D eigenvalue weighted by atomic mass is 10.1. The third kappa shape index (κ3) is 4.26. The van der Waals surface area contributed by atoms with Gasteiger partial charge in [-0.2, -0.15) is 0 Å². The predicted octanol–water partition coefficient (Wildman–Crippen LogP) is 2.27. The number of carbonyl (C=O) groups is 1. The molecule has 1 aromatic heterocycles. The Morgan fingerprint density at radius 3 is 2.81 bits per heavy atom. The number of aromatic nitrogens is 1. The van der Waals surface area contributed by atoms with Gasteiger partial charge in [0.15, 0.2) is 9.84 Å². The molecule has 1 saturated heterocycles.